The fourth-order valence-electron chi connectivity index (χ4n) is 8.19. The summed E-state index contributed by atoms with van der Waals surface area (Å²) in [4.78, 5) is 7.02. The molecular weight excluding hydrogens is 805 g/mol. The molecule has 0 spiro atoms. The smallest absolute Gasteiger partial charge is 0.0503 e. The maximum absolute atomic E-state index is 3.56. The van der Waals surface area contributed by atoms with Crippen molar-refractivity contribution in [3.05, 3.63) is 273 Å². The van der Waals surface area contributed by atoms with Gasteiger partial charge >= 0.3 is 0 Å². The molecule has 10 aromatic carbocycles. The average Bonchev–Trinajstić information content (AvgIpc) is 3.38. The van der Waals surface area contributed by atoms with E-state index in [4.69, 9.17) is 0 Å². The Morgan fingerprint density at radius 3 is 0.576 bits per heavy atom. The van der Waals surface area contributed by atoms with E-state index in [2.05, 4.69) is 249 Å². The lowest BCUT2D eigenvalue weighted by Crippen LogP contribution is -2.16. The molecule has 0 bridgehead atoms. The van der Waals surface area contributed by atoms with Crippen LogP contribution in [0.5, 0.6) is 0 Å². The van der Waals surface area contributed by atoms with Gasteiger partial charge < -0.3 is 30.7 Å². The molecule has 10 rings (SSSR count). The highest BCUT2D eigenvalue weighted by atomic mass is 15.2. The van der Waals surface area contributed by atoms with E-state index in [0.29, 0.717) is 0 Å². The first-order chi connectivity index (χ1) is 32.7. The highest BCUT2D eigenvalue weighted by Gasteiger charge is 2.22. The van der Waals surface area contributed by atoms with Gasteiger partial charge in [0.2, 0.25) is 0 Å². The fourth-order valence-corrected chi connectivity index (χ4v) is 8.19. The van der Waals surface area contributed by atoms with Gasteiger partial charge in [-0.2, -0.15) is 0 Å². The zero-order valence-corrected chi connectivity index (χ0v) is 36.3. The van der Waals surface area contributed by atoms with E-state index in [9.17, 15) is 0 Å². The number of anilines is 15. The summed E-state index contributed by atoms with van der Waals surface area (Å²) < 4.78 is 0. The molecule has 3 N–H and O–H groups in total. The summed E-state index contributed by atoms with van der Waals surface area (Å²) in [6, 6.07) is 95.5. The second-order valence-electron chi connectivity index (χ2n) is 15.8. The Balaban J connectivity index is 1.14. The molecule has 10 aromatic rings. The lowest BCUT2D eigenvalue weighted by molar-refractivity contribution is 1.22. The lowest BCUT2D eigenvalue weighted by atomic mass is 10.1. The van der Waals surface area contributed by atoms with E-state index in [1.165, 1.54) is 0 Å². The monoisotopic (exact) mass is 852 g/mol. The third kappa shape index (κ3) is 9.64. The van der Waals surface area contributed by atoms with E-state index in [0.717, 1.165) is 85.3 Å². The van der Waals surface area contributed by atoms with Gasteiger partial charge in [-0.05, 0) is 164 Å². The van der Waals surface area contributed by atoms with Crippen LogP contribution in [0.4, 0.5) is 85.3 Å². The Bertz CT molecular complexity index is 2710. The van der Waals surface area contributed by atoms with Gasteiger partial charge in [0.1, 0.15) is 0 Å². The molecule has 0 aliphatic carbocycles. The standard InChI is InChI=1S/C60H48N6/c1-7-19-46(20-8-1)61-49-31-37-55(38-32-49)64(52-25-13-4-14-26-52)58-43-59(65(53-27-15-5-16-28-53)56-39-33-50(34-40-56)62-47-21-9-2-10-22-47)45-60(44-58)66(54-29-17-6-18-30-54)57-41-35-51(36-42-57)63-48-23-11-3-12-24-48/h1-45,61-63H. The van der Waals surface area contributed by atoms with Gasteiger partial charge in [-0.15, -0.1) is 0 Å². The van der Waals surface area contributed by atoms with Crippen molar-refractivity contribution in [3.8, 4) is 0 Å². The van der Waals surface area contributed by atoms with Gasteiger partial charge in [-0.25, -0.2) is 0 Å². The molecule has 6 heteroatoms. The van der Waals surface area contributed by atoms with E-state index >= 15 is 0 Å². The topological polar surface area (TPSA) is 45.8 Å². The number of rotatable bonds is 15. The summed E-state index contributed by atoms with van der Waals surface area (Å²) >= 11 is 0. The molecular formula is C60H48N6. The highest BCUT2D eigenvalue weighted by molar-refractivity contribution is 5.90. The number of nitrogens with zero attached hydrogens (tertiary/aromatic N) is 3. The summed E-state index contributed by atoms with van der Waals surface area (Å²) in [6.45, 7) is 0. The van der Waals surface area contributed by atoms with Gasteiger partial charge in [0, 0.05) is 68.2 Å². The van der Waals surface area contributed by atoms with Crippen LogP contribution in [0.2, 0.25) is 0 Å². The summed E-state index contributed by atoms with van der Waals surface area (Å²) in [6.07, 6.45) is 0. The van der Waals surface area contributed by atoms with Crippen molar-refractivity contribution in [1.29, 1.82) is 0 Å². The predicted octanol–water partition coefficient (Wildman–Crippen LogP) is 17.3. The fraction of sp³-hybridized carbons (Fsp3) is 0. The predicted molar refractivity (Wildman–Crippen MR) is 280 cm³/mol. The minimum Gasteiger partial charge on any atom is -0.356 e. The minimum atomic E-state index is 0.990. The molecule has 0 saturated carbocycles. The van der Waals surface area contributed by atoms with Gasteiger partial charge in [0.15, 0.2) is 0 Å². The maximum atomic E-state index is 3.56. The van der Waals surface area contributed by atoms with Crippen LogP contribution in [-0.2, 0) is 0 Å². The normalized spacial score (nSPS) is 10.7. The Kier molecular flexibility index (Phi) is 12.2. The summed E-state index contributed by atoms with van der Waals surface area (Å²) in [7, 11) is 0. The number of nitrogens with one attached hydrogen (secondary N) is 3. The summed E-state index contributed by atoms with van der Waals surface area (Å²) in [5.41, 5.74) is 15.3. The van der Waals surface area contributed by atoms with Crippen molar-refractivity contribution in [1.82, 2.24) is 0 Å². The van der Waals surface area contributed by atoms with Crippen LogP contribution in [0.25, 0.3) is 0 Å². The number of hydrogen-bond acceptors (Lipinski definition) is 6. The first kappa shape index (κ1) is 41.0. The molecule has 66 heavy (non-hydrogen) atoms. The average molecular weight is 853 g/mol. The zero-order valence-electron chi connectivity index (χ0n) is 36.3. The molecule has 0 aliphatic heterocycles. The molecule has 0 heterocycles. The van der Waals surface area contributed by atoms with Crippen LogP contribution in [0.15, 0.2) is 273 Å². The molecule has 318 valence electrons. The molecule has 6 nitrogen and oxygen atoms in total. The number of benzene rings is 10. The SMILES string of the molecule is c1ccc(Nc2ccc(N(c3ccccc3)c3cc(N(c4ccccc4)c4ccc(Nc5ccccc5)cc4)cc(N(c4ccccc4)c4ccc(Nc5ccccc5)cc4)c3)cc2)cc1. The summed E-state index contributed by atoms with van der Waals surface area (Å²) in [5.74, 6) is 0. The van der Waals surface area contributed by atoms with Gasteiger partial charge in [-0.1, -0.05) is 109 Å². The van der Waals surface area contributed by atoms with Crippen LogP contribution in [0, 0.1) is 0 Å². The first-order valence-electron chi connectivity index (χ1n) is 22.2. The van der Waals surface area contributed by atoms with Gasteiger partial charge in [0.05, 0.1) is 17.1 Å². The van der Waals surface area contributed by atoms with Crippen molar-refractivity contribution >= 4 is 85.3 Å². The third-order valence-corrected chi connectivity index (χ3v) is 11.3. The van der Waals surface area contributed by atoms with E-state index < -0.39 is 0 Å². The zero-order chi connectivity index (χ0) is 44.3. The molecule has 0 saturated heterocycles. The van der Waals surface area contributed by atoms with Gasteiger partial charge in [0.25, 0.3) is 0 Å². The molecule has 0 radical (unpaired) electrons. The summed E-state index contributed by atoms with van der Waals surface area (Å²) in [5, 5.41) is 10.7. The van der Waals surface area contributed by atoms with Crippen molar-refractivity contribution in [2.24, 2.45) is 0 Å². The van der Waals surface area contributed by atoms with Gasteiger partial charge in [-0.3, -0.25) is 0 Å². The van der Waals surface area contributed by atoms with Crippen LogP contribution in [-0.4, -0.2) is 0 Å². The molecule has 0 aromatic heterocycles. The highest BCUT2D eigenvalue weighted by Crippen LogP contribution is 2.46. The van der Waals surface area contributed by atoms with Crippen LogP contribution >= 0.6 is 0 Å². The molecule has 0 unspecified atom stereocenters. The van der Waals surface area contributed by atoms with Crippen molar-refractivity contribution in [2.75, 3.05) is 30.7 Å². The first-order valence-corrected chi connectivity index (χ1v) is 22.2. The largest absolute Gasteiger partial charge is 0.356 e. The maximum Gasteiger partial charge on any atom is 0.0503 e. The van der Waals surface area contributed by atoms with Crippen LogP contribution in [0.3, 0.4) is 0 Å². The Labute approximate surface area is 387 Å². The molecule has 0 atom stereocenters. The molecule has 0 amide bonds. The number of hydrogen-bond donors (Lipinski definition) is 3. The molecule has 0 fully saturated rings. The Morgan fingerprint density at radius 2 is 0.348 bits per heavy atom. The van der Waals surface area contributed by atoms with E-state index in [1.807, 2.05) is 54.6 Å². The van der Waals surface area contributed by atoms with Crippen molar-refractivity contribution in [2.45, 2.75) is 0 Å². The Morgan fingerprint density at radius 1 is 0.167 bits per heavy atom. The molecule has 0 aliphatic rings. The lowest BCUT2D eigenvalue weighted by Gasteiger charge is -2.33. The quantitative estimate of drug-likeness (QED) is 0.0955. The Hall–Kier alpha value is -9.00. The third-order valence-electron chi connectivity index (χ3n) is 11.3. The second-order valence-corrected chi connectivity index (χ2v) is 15.8. The second kappa shape index (κ2) is 19.6. The minimum absolute atomic E-state index is 0.990. The van der Waals surface area contributed by atoms with Crippen molar-refractivity contribution < 1.29 is 0 Å². The van der Waals surface area contributed by atoms with E-state index in [-0.39, 0.29) is 0 Å². The van der Waals surface area contributed by atoms with E-state index in [1.54, 1.807) is 0 Å². The number of para-hydroxylation sites is 6. The van der Waals surface area contributed by atoms with Crippen LogP contribution in [0.1, 0.15) is 0 Å². The van der Waals surface area contributed by atoms with Crippen LogP contribution < -0.4 is 30.7 Å². The van der Waals surface area contributed by atoms with Crippen molar-refractivity contribution in [3.63, 3.8) is 0 Å².